The van der Waals surface area contributed by atoms with Crippen molar-refractivity contribution in [1.82, 2.24) is 10.2 Å². The number of amides is 1. The van der Waals surface area contributed by atoms with Gasteiger partial charge < -0.3 is 15.1 Å². The van der Waals surface area contributed by atoms with Crippen LogP contribution in [0.2, 0.25) is 0 Å². The third kappa shape index (κ3) is 4.35. The van der Waals surface area contributed by atoms with Gasteiger partial charge in [-0.2, -0.15) is 0 Å². The van der Waals surface area contributed by atoms with Gasteiger partial charge in [-0.3, -0.25) is 14.9 Å². The molecule has 3 rings (SSSR count). The molecule has 28 heavy (non-hydrogen) atoms. The van der Waals surface area contributed by atoms with Crippen LogP contribution in [0.4, 0.5) is 0 Å². The SMILES string of the molecule is CC(NC(CCc1ccccc1)C(=O)O)C(=O)N1C2CCCC2C[C@H]1C(=O)O. The van der Waals surface area contributed by atoms with E-state index < -0.39 is 30.1 Å². The van der Waals surface area contributed by atoms with Gasteiger partial charge in [0.15, 0.2) is 0 Å². The Balaban J connectivity index is 1.65. The third-order valence-electron chi connectivity index (χ3n) is 6.06. The second-order valence-corrected chi connectivity index (χ2v) is 7.90. The van der Waals surface area contributed by atoms with Crippen LogP contribution >= 0.6 is 0 Å². The molecule has 2 fully saturated rings. The average Bonchev–Trinajstić information content (AvgIpc) is 3.26. The summed E-state index contributed by atoms with van der Waals surface area (Å²) in [5.74, 6) is -2.06. The van der Waals surface area contributed by atoms with E-state index in [1.54, 1.807) is 6.92 Å². The molecule has 5 atom stereocenters. The van der Waals surface area contributed by atoms with Crippen LogP contribution in [0.1, 0.15) is 44.6 Å². The molecule has 1 aliphatic carbocycles. The largest absolute Gasteiger partial charge is 0.480 e. The summed E-state index contributed by atoms with van der Waals surface area (Å²) < 4.78 is 0. The number of benzene rings is 1. The van der Waals surface area contributed by atoms with Crippen molar-refractivity contribution < 1.29 is 24.6 Å². The van der Waals surface area contributed by atoms with E-state index in [1.807, 2.05) is 30.3 Å². The molecule has 1 aromatic carbocycles. The van der Waals surface area contributed by atoms with Crippen LogP contribution in [0.25, 0.3) is 0 Å². The summed E-state index contributed by atoms with van der Waals surface area (Å²) in [6, 6.07) is 7.13. The van der Waals surface area contributed by atoms with E-state index in [9.17, 15) is 24.6 Å². The van der Waals surface area contributed by atoms with Gasteiger partial charge in [-0.05, 0) is 50.5 Å². The maximum absolute atomic E-state index is 13.0. The van der Waals surface area contributed by atoms with Crippen molar-refractivity contribution in [3.63, 3.8) is 0 Å². The number of aliphatic carboxylic acids is 2. The van der Waals surface area contributed by atoms with E-state index in [1.165, 1.54) is 4.90 Å². The molecule has 7 nitrogen and oxygen atoms in total. The van der Waals surface area contributed by atoms with Crippen LogP contribution in [0.15, 0.2) is 30.3 Å². The quantitative estimate of drug-likeness (QED) is 0.628. The standard InChI is InChI=1S/C21H28N2O5/c1-13(22-16(20(25)26)11-10-14-6-3-2-4-7-14)19(24)23-17-9-5-8-15(17)12-18(23)21(27)28/h2-4,6-7,13,15-18,22H,5,8-12H2,1H3,(H,25,26)(H,27,28)/t13?,15?,16?,17?,18-/m0/s1. The van der Waals surface area contributed by atoms with Gasteiger partial charge in [0.2, 0.25) is 5.91 Å². The van der Waals surface area contributed by atoms with Crippen molar-refractivity contribution in [1.29, 1.82) is 0 Å². The maximum Gasteiger partial charge on any atom is 0.326 e. The Labute approximate surface area is 164 Å². The molecule has 2 aliphatic rings. The number of carboxylic acid groups (broad SMARTS) is 2. The van der Waals surface area contributed by atoms with E-state index >= 15 is 0 Å². The zero-order valence-corrected chi connectivity index (χ0v) is 16.1. The molecule has 1 saturated carbocycles. The Morgan fingerprint density at radius 2 is 1.89 bits per heavy atom. The zero-order valence-electron chi connectivity index (χ0n) is 16.1. The third-order valence-corrected chi connectivity index (χ3v) is 6.06. The highest BCUT2D eigenvalue weighted by Gasteiger charge is 2.49. The summed E-state index contributed by atoms with van der Waals surface area (Å²) in [7, 11) is 0. The number of fused-ring (bicyclic) bond motifs is 1. The molecule has 1 saturated heterocycles. The summed E-state index contributed by atoms with van der Waals surface area (Å²) in [5, 5.41) is 22.0. The summed E-state index contributed by atoms with van der Waals surface area (Å²) in [5.41, 5.74) is 1.04. The minimum Gasteiger partial charge on any atom is -0.480 e. The highest BCUT2D eigenvalue weighted by molar-refractivity contribution is 5.88. The monoisotopic (exact) mass is 388 g/mol. The number of nitrogens with zero attached hydrogens (tertiary/aromatic N) is 1. The number of carbonyl (C=O) groups is 3. The molecule has 1 amide bonds. The predicted molar refractivity (Wildman–Crippen MR) is 103 cm³/mol. The Morgan fingerprint density at radius 3 is 2.54 bits per heavy atom. The fraction of sp³-hybridized carbons (Fsp3) is 0.571. The molecule has 3 N–H and O–H groups in total. The van der Waals surface area contributed by atoms with E-state index in [2.05, 4.69) is 5.32 Å². The number of hydrogen-bond acceptors (Lipinski definition) is 4. The number of carboxylic acids is 2. The predicted octanol–water partition coefficient (Wildman–Crippen LogP) is 1.90. The molecule has 7 heteroatoms. The Kier molecular flexibility index (Phi) is 6.34. The molecular formula is C21H28N2O5. The first-order valence-electron chi connectivity index (χ1n) is 9.96. The van der Waals surface area contributed by atoms with Crippen molar-refractivity contribution in [3.05, 3.63) is 35.9 Å². The van der Waals surface area contributed by atoms with Crippen LogP contribution in [-0.4, -0.2) is 57.1 Å². The van der Waals surface area contributed by atoms with Crippen molar-refractivity contribution in [2.75, 3.05) is 0 Å². The average molecular weight is 388 g/mol. The van der Waals surface area contributed by atoms with Gasteiger partial charge >= 0.3 is 11.9 Å². The fourth-order valence-electron chi connectivity index (χ4n) is 4.66. The van der Waals surface area contributed by atoms with Gasteiger partial charge in [0, 0.05) is 6.04 Å². The van der Waals surface area contributed by atoms with Crippen LogP contribution in [0.3, 0.4) is 0 Å². The Morgan fingerprint density at radius 1 is 1.18 bits per heavy atom. The smallest absolute Gasteiger partial charge is 0.326 e. The topological polar surface area (TPSA) is 107 Å². The lowest BCUT2D eigenvalue weighted by Crippen LogP contribution is -2.55. The van der Waals surface area contributed by atoms with Crippen LogP contribution < -0.4 is 5.32 Å². The van der Waals surface area contributed by atoms with Crippen molar-refractivity contribution in [2.45, 2.75) is 69.6 Å². The molecule has 0 radical (unpaired) electrons. The molecule has 0 spiro atoms. The number of hydrogen-bond donors (Lipinski definition) is 3. The van der Waals surface area contributed by atoms with Crippen molar-refractivity contribution in [3.8, 4) is 0 Å². The normalized spacial score (nSPS) is 25.9. The molecular weight excluding hydrogens is 360 g/mol. The maximum atomic E-state index is 13.0. The fourth-order valence-corrected chi connectivity index (χ4v) is 4.66. The van der Waals surface area contributed by atoms with Crippen LogP contribution in [0, 0.1) is 5.92 Å². The molecule has 4 unspecified atom stereocenters. The van der Waals surface area contributed by atoms with Gasteiger partial charge in [0.1, 0.15) is 12.1 Å². The highest BCUT2D eigenvalue weighted by atomic mass is 16.4. The molecule has 152 valence electrons. The van der Waals surface area contributed by atoms with Crippen molar-refractivity contribution >= 4 is 17.8 Å². The Bertz CT molecular complexity index is 723. The summed E-state index contributed by atoms with van der Waals surface area (Å²) in [4.78, 5) is 37.9. The van der Waals surface area contributed by atoms with E-state index in [0.717, 1.165) is 24.8 Å². The van der Waals surface area contributed by atoms with Gasteiger partial charge in [0.05, 0.1) is 6.04 Å². The molecule has 1 aliphatic heterocycles. The lowest BCUT2D eigenvalue weighted by Gasteiger charge is -2.31. The summed E-state index contributed by atoms with van der Waals surface area (Å²) >= 11 is 0. The highest BCUT2D eigenvalue weighted by Crippen LogP contribution is 2.41. The zero-order chi connectivity index (χ0) is 20.3. The lowest BCUT2D eigenvalue weighted by molar-refractivity contribution is -0.151. The first kappa shape index (κ1) is 20.3. The van der Waals surface area contributed by atoms with E-state index in [-0.39, 0.29) is 17.9 Å². The molecule has 1 aromatic rings. The number of rotatable bonds is 8. The summed E-state index contributed by atoms with van der Waals surface area (Å²) in [6.45, 7) is 1.63. The van der Waals surface area contributed by atoms with Crippen LogP contribution in [-0.2, 0) is 20.8 Å². The van der Waals surface area contributed by atoms with Crippen molar-refractivity contribution in [2.24, 2.45) is 5.92 Å². The second kappa shape index (κ2) is 8.73. The summed E-state index contributed by atoms with van der Waals surface area (Å²) in [6.07, 6.45) is 4.21. The van der Waals surface area contributed by atoms with Gasteiger partial charge in [-0.25, -0.2) is 4.79 Å². The van der Waals surface area contributed by atoms with Gasteiger partial charge in [-0.1, -0.05) is 36.8 Å². The molecule has 0 bridgehead atoms. The minimum atomic E-state index is -1.01. The van der Waals surface area contributed by atoms with Crippen LogP contribution in [0.5, 0.6) is 0 Å². The number of carbonyl (C=O) groups excluding carboxylic acids is 1. The first-order chi connectivity index (χ1) is 13.4. The lowest BCUT2D eigenvalue weighted by atomic mass is 10.0. The number of aryl methyl sites for hydroxylation is 1. The van der Waals surface area contributed by atoms with Gasteiger partial charge in [0.25, 0.3) is 0 Å². The minimum absolute atomic E-state index is 0.0366. The van der Waals surface area contributed by atoms with E-state index in [0.29, 0.717) is 19.3 Å². The molecule has 1 heterocycles. The second-order valence-electron chi connectivity index (χ2n) is 7.90. The number of likely N-dealkylation sites (tertiary alicyclic amines) is 1. The van der Waals surface area contributed by atoms with E-state index in [4.69, 9.17) is 0 Å². The molecule has 0 aromatic heterocycles. The number of nitrogens with one attached hydrogen (secondary N) is 1. The Hall–Kier alpha value is -2.41. The van der Waals surface area contributed by atoms with Gasteiger partial charge in [-0.15, -0.1) is 0 Å². The first-order valence-corrected chi connectivity index (χ1v) is 9.96.